The van der Waals surface area contributed by atoms with E-state index in [0.29, 0.717) is 17.7 Å². The van der Waals surface area contributed by atoms with Gasteiger partial charge in [0.25, 0.3) is 11.8 Å². The third-order valence-electron chi connectivity index (χ3n) is 4.10. The summed E-state index contributed by atoms with van der Waals surface area (Å²) < 4.78 is 40.1. The number of hydrogen-bond donors (Lipinski definition) is 2. The van der Waals surface area contributed by atoms with Crippen molar-refractivity contribution in [2.75, 3.05) is 6.54 Å². The molecule has 2 heterocycles. The molecule has 2 amide bonds. The Morgan fingerprint density at radius 3 is 2.60 bits per heavy atom. The fraction of sp³-hybridized carbons (Fsp3) is 0.211. The molecule has 3 rings (SSSR count). The number of halogens is 3. The Labute approximate surface area is 169 Å². The lowest BCUT2D eigenvalue weighted by atomic mass is 10.1. The Balaban J connectivity index is 1.64. The van der Waals surface area contributed by atoms with E-state index in [-0.39, 0.29) is 11.4 Å². The van der Waals surface area contributed by atoms with Gasteiger partial charge in [0.1, 0.15) is 6.33 Å². The number of rotatable bonds is 4. The lowest BCUT2D eigenvalue weighted by Crippen LogP contribution is -2.41. The van der Waals surface area contributed by atoms with Gasteiger partial charge in [-0.2, -0.15) is 13.2 Å². The summed E-state index contributed by atoms with van der Waals surface area (Å²) in [5.41, 5.74) is 5.47. The summed E-state index contributed by atoms with van der Waals surface area (Å²) in [6.45, 7) is 3.75. The van der Waals surface area contributed by atoms with E-state index in [1.54, 1.807) is 13.8 Å². The molecule has 2 aromatic rings. The number of hydrazine groups is 1. The fourth-order valence-electron chi connectivity index (χ4n) is 2.65. The smallest absolute Gasteiger partial charge is 0.288 e. The van der Waals surface area contributed by atoms with Gasteiger partial charge in [0.05, 0.1) is 17.7 Å². The van der Waals surface area contributed by atoms with Crippen LogP contribution in [0.3, 0.4) is 0 Å². The summed E-state index contributed by atoms with van der Waals surface area (Å²) in [6.07, 6.45) is 0.528. The second kappa shape index (κ2) is 8.31. The standard InChI is InChI=1S/C19H17F3N6O2/c1-11-5-13(7-14(6-11)19(20,21)22)17-24-10-28(27-17)4-3-16(29)25-26-18(30)15-9-23-8-12(15)2/h3-7,9-10H,8H2,1-2H3,(H,25,29)(H,26,30)/b4-3-. The van der Waals surface area contributed by atoms with Crippen LogP contribution in [-0.2, 0) is 15.8 Å². The van der Waals surface area contributed by atoms with Gasteiger partial charge in [-0.05, 0) is 43.2 Å². The molecule has 1 aliphatic heterocycles. The topological polar surface area (TPSA) is 101 Å². The minimum atomic E-state index is -4.48. The van der Waals surface area contributed by atoms with Crippen molar-refractivity contribution < 1.29 is 22.8 Å². The monoisotopic (exact) mass is 418 g/mol. The van der Waals surface area contributed by atoms with Crippen molar-refractivity contribution in [3.05, 3.63) is 52.9 Å². The third kappa shape index (κ3) is 4.99. The van der Waals surface area contributed by atoms with Gasteiger partial charge in [0.2, 0.25) is 0 Å². The van der Waals surface area contributed by atoms with Crippen LogP contribution in [0.1, 0.15) is 18.1 Å². The molecule has 1 aliphatic rings. The van der Waals surface area contributed by atoms with Crippen LogP contribution in [0.15, 0.2) is 46.7 Å². The summed E-state index contributed by atoms with van der Waals surface area (Å²) in [5, 5.41) is 4.04. The van der Waals surface area contributed by atoms with E-state index in [0.717, 1.165) is 23.8 Å². The first-order valence-electron chi connectivity index (χ1n) is 8.72. The van der Waals surface area contributed by atoms with Crippen LogP contribution in [0.5, 0.6) is 0 Å². The van der Waals surface area contributed by atoms with Crippen molar-refractivity contribution in [2.24, 2.45) is 4.99 Å². The Hall–Kier alpha value is -3.76. The van der Waals surface area contributed by atoms with Crippen LogP contribution in [0, 0.1) is 6.92 Å². The lowest BCUT2D eigenvalue weighted by Gasteiger charge is -2.09. The van der Waals surface area contributed by atoms with Gasteiger partial charge >= 0.3 is 6.18 Å². The van der Waals surface area contributed by atoms with Crippen molar-refractivity contribution in [1.29, 1.82) is 0 Å². The lowest BCUT2D eigenvalue weighted by molar-refractivity contribution is -0.137. The molecular weight excluding hydrogens is 401 g/mol. The molecule has 0 unspecified atom stereocenters. The molecule has 8 nitrogen and oxygen atoms in total. The average Bonchev–Trinajstić information content (AvgIpc) is 3.32. The number of carbonyl (C=O) groups is 2. The molecule has 0 atom stereocenters. The maximum atomic E-state index is 13.0. The molecule has 0 saturated carbocycles. The van der Waals surface area contributed by atoms with Crippen molar-refractivity contribution in [3.63, 3.8) is 0 Å². The number of nitrogens with one attached hydrogen (secondary N) is 2. The largest absolute Gasteiger partial charge is 0.416 e. The van der Waals surface area contributed by atoms with E-state index in [4.69, 9.17) is 0 Å². The third-order valence-corrected chi connectivity index (χ3v) is 4.10. The number of aromatic nitrogens is 3. The Bertz CT molecular complexity index is 1080. The first kappa shape index (κ1) is 21.0. The van der Waals surface area contributed by atoms with Crippen LogP contribution < -0.4 is 10.9 Å². The zero-order valence-corrected chi connectivity index (χ0v) is 16.0. The van der Waals surface area contributed by atoms with Gasteiger partial charge in [0.15, 0.2) is 5.82 Å². The van der Waals surface area contributed by atoms with Crippen molar-refractivity contribution in [3.8, 4) is 11.4 Å². The van der Waals surface area contributed by atoms with E-state index in [9.17, 15) is 22.8 Å². The minimum absolute atomic E-state index is 0.0745. The van der Waals surface area contributed by atoms with Crippen molar-refractivity contribution >= 4 is 24.2 Å². The summed E-state index contributed by atoms with van der Waals surface area (Å²) in [7, 11) is 0. The van der Waals surface area contributed by atoms with Crippen LogP contribution >= 0.6 is 0 Å². The zero-order valence-electron chi connectivity index (χ0n) is 16.0. The minimum Gasteiger partial charge on any atom is -0.288 e. The van der Waals surface area contributed by atoms with E-state index in [1.165, 1.54) is 29.5 Å². The SMILES string of the molecule is CC1=C(C(=O)NNC(=O)/C=C\n2cnc(-c3cc(C)cc(C(F)(F)F)c3)n2)C=NC1. The Kier molecular flexibility index (Phi) is 5.81. The highest BCUT2D eigenvalue weighted by Gasteiger charge is 2.31. The number of carbonyl (C=O) groups excluding carboxylic acids is 2. The van der Waals surface area contributed by atoms with Gasteiger partial charge < -0.3 is 0 Å². The molecular formula is C19H17F3N6O2. The van der Waals surface area contributed by atoms with Gasteiger partial charge in [0, 0.05) is 24.1 Å². The van der Waals surface area contributed by atoms with E-state index in [1.807, 2.05) is 0 Å². The molecule has 1 aromatic heterocycles. The molecule has 2 N–H and O–H groups in total. The highest BCUT2D eigenvalue weighted by molar-refractivity contribution is 6.14. The molecule has 0 spiro atoms. The second-order valence-corrected chi connectivity index (χ2v) is 6.56. The van der Waals surface area contributed by atoms with Crippen LogP contribution in [-0.4, -0.2) is 39.3 Å². The summed E-state index contributed by atoms with van der Waals surface area (Å²) in [5.74, 6) is -1.05. The zero-order chi connectivity index (χ0) is 21.9. The summed E-state index contributed by atoms with van der Waals surface area (Å²) in [4.78, 5) is 31.7. The molecule has 0 saturated heterocycles. The van der Waals surface area contributed by atoms with E-state index < -0.39 is 23.6 Å². The maximum absolute atomic E-state index is 13.0. The molecule has 0 aliphatic carbocycles. The molecule has 30 heavy (non-hydrogen) atoms. The van der Waals surface area contributed by atoms with Crippen LogP contribution in [0.4, 0.5) is 13.2 Å². The Morgan fingerprint density at radius 1 is 1.17 bits per heavy atom. The number of aliphatic imine (C=N–C) groups is 1. The normalized spacial score (nSPS) is 13.9. The molecule has 0 bridgehead atoms. The fourth-order valence-corrected chi connectivity index (χ4v) is 2.65. The molecule has 156 valence electrons. The average molecular weight is 418 g/mol. The van der Waals surface area contributed by atoms with Crippen molar-refractivity contribution in [2.45, 2.75) is 20.0 Å². The Morgan fingerprint density at radius 2 is 1.93 bits per heavy atom. The predicted octanol–water partition coefficient (Wildman–Crippen LogP) is 2.29. The number of hydrogen-bond acceptors (Lipinski definition) is 5. The number of nitrogens with zero attached hydrogens (tertiary/aromatic N) is 4. The molecule has 0 fully saturated rings. The highest BCUT2D eigenvalue weighted by Crippen LogP contribution is 2.32. The first-order chi connectivity index (χ1) is 14.1. The number of aryl methyl sites for hydroxylation is 1. The summed E-state index contributed by atoms with van der Waals surface area (Å²) >= 11 is 0. The van der Waals surface area contributed by atoms with E-state index in [2.05, 4.69) is 25.9 Å². The van der Waals surface area contributed by atoms with Crippen LogP contribution in [0.2, 0.25) is 0 Å². The van der Waals surface area contributed by atoms with Gasteiger partial charge in [-0.15, -0.1) is 5.10 Å². The van der Waals surface area contributed by atoms with Crippen molar-refractivity contribution in [1.82, 2.24) is 25.6 Å². The maximum Gasteiger partial charge on any atom is 0.416 e. The number of amides is 2. The van der Waals surface area contributed by atoms with E-state index >= 15 is 0 Å². The molecule has 1 aromatic carbocycles. The number of benzene rings is 1. The highest BCUT2D eigenvalue weighted by atomic mass is 19.4. The van der Waals surface area contributed by atoms with Gasteiger partial charge in [-0.25, -0.2) is 9.67 Å². The molecule has 11 heteroatoms. The van der Waals surface area contributed by atoms with Gasteiger partial charge in [-0.1, -0.05) is 0 Å². The quantitative estimate of drug-likeness (QED) is 0.588. The second-order valence-electron chi connectivity index (χ2n) is 6.56. The first-order valence-corrected chi connectivity index (χ1v) is 8.72. The van der Waals surface area contributed by atoms with Crippen LogP contribution in [0.25, 0.3) is 17.6 Å². The molecule has 0 radical (unpaired) electrons. The summed E-state index contributed by atoms with van der Waals surface area (Å²) in [6, 6.07) is 3.53. The predicted molar refractivity (Wildman–Crippen MR) is 103 cm³/mol. The number of alkyl halides is 3. The van der Waals surface area contributed by atoms with Gasteiger partial charge in [-0.3, -0.25) is 25.4 Å².